The second-order valence-electron chi connectivity index (χ2n) is 8.89. The Hall–Kier alpha value is -3.67. The number of pyridine rings is 1. The Labute approximate surface area is 192 Å². The predicted octanol–water partition coefficient (Wildman–Crippen LogP) is 5.64. The molecule has 0 aliphatic rings. The molecule has 0 aliphatic heterocycles. The molecule has 2 N–H and O–H groups in total. The maximum absolute atomic E-state index is 13.9. The third-order valence-corrected chi connectivity index (χ3v) is 6.09. The number of aryl methyl sites for hydroxylation is 3. The fourth-order valence-corrected chi connectivity index (χ4v) is 4.31. The zero-order chi connectivity index (χ0) is 23.9. The Bertz CT molecular complexity index is 1400. The number of nitrogens with one attached hydrogen (secondary N) is 2. The number of amides is 1. The highest BCUT2D eigenvalue weighted by molar-refractivity contribution is 6.09. The molecule has 0 unspecified atom stereocenters. The molecule has 5 nitrogen and oxygen atoms in total. The van der Waals surface area contributed by atoms with Gasteiger partial charge in [0.15, 0.2) is 0 Å². The van der Waals surface area contributed by atoms with Gasteiger partial charge >= 0.3 is 0 Å². The summed E-state index contributed by atoms with van der Waals surface area (Å²) in [5.41, 5.74) is 6.06. The quantitative estimate of drug-likeness (QED) is 0.417. The normalized spacial score (nSPS) is 11.4. The van der Waals surface area contributed by atoms with Crippen LogP contribution in [0, 0.1) is 26.6 Å². The number of aromatic nitrogens is 2. The molecule has 0 spiro atoms. The van der Waals surface area contributed by atoms with E-state index in [0.29, 0.717) is 11.1 Å². The van der Waals surface area contributed by atoms with Gasteiger partial charge in [0, 0.05) is 40.0 Å². The van der Waals surface area contributed by atoms with Crippen molar-refractivity contribution in [2.45, 2.75) is 47.2 Å². The second kappa shape index (κ2) is 8.70. The van der Waals surface area contributed by atoms with E-state index in [2.05, 4.69) is 9.97 Å². The molecule has 0 radical (unpaired) electrons. The SMILES string of the molecule is Cc1cc(C)c(CN(C(=O)c2cc(-c3ccc(F)cc3)cc3[nH]cc(C)c23)C(C)C)c(=O)[nH]1. The van der Waals surface area contributed by atoms with Crippen LogP contribution in [-0.2, 0) is 6.54 Å². The van der Waals surface area contributed by atoms with Gasteiger partial charge in [0.05, 0.1) is 6.54 Å². The Morgan fingerprint density at radius 3 is 2.33 bits per heavy atom. The maximum atomic E-state index is 13.9. The number of H-pyrrole nitrogens is 2. The fraction of sp³-hybridized carbons (Fsp3) is 0.259. The van der Waals surface area contributed by atoms with Crippen molar-refractivity contribution in [1.82, 2.24) is 14.9 Å². The average molecular weight is 446 g/mol. The first-order chi connectivity index (χ1) is 15.7. The van der Waals surface area contributed by atoms with E-state index in [9.17, 15) is 14.0 Å². The molecule has 2 aromatic heterocycles. The van der Waals surface area contributed by atoms with Crippen LogP contribution in [0.5, 0.6) is 0 Å². The van der Waals surface area contributed by atoms with E-state index in [-0.39, 0.29) is 29.9 Å². The highest BCUT2D eigenvalue weighted by Crippen LogP contribution is 2.31. The smallest absolute Gasteiger partial charge is 0.255 e. The van der Waals surface area contributed by atoms with E-state index in [0.717, 1.165) is 38.9 Å². The second-order valence-corrected chi connectivity index (χ2v) is 8.89. The van der Waals surface area contributed by atoms with Crippen molar-refractivity contribution in [3.8, 4) is 11.1 Å². The molecule has 0 saturated heterocycles. The van der Waals surface area contributed by atoms with Gasteiger partial charge in [-0.25, -0.2) is 4.39 Å². The van der Waals surface area contributed by atoms with Crippen LogP contribution in [-0.4, -0.2) is 26.8 Å². The van der Waals surface area contributed by atoms with Crippen molar-refractivity contribution >= 4 is 16.8 Å². The summed E-state index contributed by atoms with van der Waals surface area (Å²) in [6.07, 6.45) is 1.88. The summed E-state index contributed by atoms with van der Waals surface area (Å²) in [6, 6.07) is 11.9. The van der Waals surface area contributed by atoms with Gasteiger partial charge in [-0.15, -0.1) is 0 Å². The molecule has 170 valence electrons. The van der Waals surface area contributed by atoms with Crippen molar-refractivity contribution < 1.29 is 9.18 Å². The van der Waals surface area contributed by atoms with E-state index in [4.69, 9.17) is 0 Å². The lowest BCUT2D eigenvalue weighted by Gasteiger charge is -2.28. The van der Waals surface area contributed by atoms with Gasteiger partial charge in [-0.05, 0) is 87.2 Å². The van der Waals surface area contributed by atoms with Crippen molar-refractivity contribution in [3.63, 3.8) is 0 Å². The lowest BCUT2D eigenvalue weighted by molar-refractivity contribution is 0.0691. The number of carbonyl (C=O) groups excluding carboxylic acids is 1. The maximum Gasteiger partial charge on any atom is 0.255 e. The zero-order valence-corrected chi connectivity index (χ0v) is 19.5. The monoisotopic (exact) mass is 445 g/mol. The van der Waals surface area contributed by atoms with Crippen molar-refractivity contribution in [3.05, 3.63) is 92.8 Å². The summed E-state index contributed by atoms with van der Waals surface area (Å²) in [5.74, 6) is -0.461. The summed E-state index contributed by atoms with van der Waals surface area (Å²) < 4.78 is 13.5. The van der Waals surface area contributed by atoms with Gasteiger partial charge in [-0.2, -0.15) is 0 Å². The molecule has 6 heteroatoms. The first kappa shape index (κ1) is 22.5. The average Bonchev–Trinajstić information content (AvgIpc) is 3.13. The Balaban J connectivity index is 1.83. The molecule has 0 fully saturated rings. The number of fused-ring (bicyclic) bond motifs is 1. The van der Waals surface area contributed by atoms with Gasteiger partial charge < -0.3 is 14.9 Å². The predicted molar refractivity (Wildman–Crippen MR) is 130 cm³/mol. The fourth-order valence-electron chi connectivity index (χ4n) is 4.31. The van der Waals surface area contributed by atoms with Gasteiger partial charge in [0.2, 0.25) is 0 Å². The minimum atomic E-state index is -0.309. The number of nitrogens with zero attached hydrogens (tertiary/aromatic N) is 1. The molecule has 2 heterocycles. The van der Waals surface area contributed by atoms with Crippen LogP contribution in [0.25, 0.3) is 22.0 Å². The third kappa shape index (κ3) is 4.33. The van der Waals surface area contributed by atoms with Crippen LogP contribution < -0.4 is 5.56 Å². The number of benzene rings is 2. The Kier molecular flexibility index (Phi) is 5.93. The molecule has 0 atom stereocenters. The molecule has 0 aliphatic carbocycles. The third-order valence-electron chi connectivity index (χ3n) is 6.09. The van der Waals surface area contributed by atoms with Crippen LogP contribution in [0.2, 0.25) is 0 Å². The van der Waals surface area contributed by atoms with Gasteiger partial charge in [0.25, 0.3) is 11.5 Å². The highest BCUT2D eigenvalue weighted by atomic mass is 19.1. The van der Waals surface area contributed by atoms with Gasteiger partial charge in [-0.3, -0.25) is 9.59 Å². The lowest BCUT2D eigenvalue weighted by atomic mass is 9.97. The topological polar surface area (TPSA) is 69.0 Å². The molecular formula is C27H28FN3O2. The van der Waals surface area contributed by atoms with Crippen LogP contribution in [0.15, 0.2) is 53.5 Å². The minimum absolute atomic E-state index is 0.124. The number of carbonyl (C=O) groups is 1. The summed E-state index contributed by atoms with van der Waals surface area (Å²) in [6.45, 7) is 9.80. The van der Waals surface area contributed by atoms with Gasteiger partial charge in [0.1, 0.15) is 5.82 Å². The number of hydrogen-bond donors (Lipinski definition) is 2. The molecule has 33 heavy (non-hydrogen) atoms. The first-order valence-electron chi connectivity index (χ1n) is 11.0. The standard InChI is InChI=1S/C27H28FN3O2/c1-15(2)31(14-23-16(3)10-18(5)30-26(23)32)27(33)22-11-20(19-6-8-21(28)9-7-19)12-24-25(22)17(4)13-29-24/h6-13,15,29H,14H2,1-5H3,(H,30,32). The van der Waals surface area contributed by atoms with Gasteiger partial charge in [-0.1, -0.05) is 12.1 Å². The molecule has 1 amide bonds. The Morgan fingerprint density at radius 1 is 1.00 bits per heavy atom. The minimum Gasteiger partial charge on any atom is -0.361 e. The lowest BCUT2D eigenvalue weighted by Crippen LogP contribution is -2.38. The summed E-state index contributed by atoms with van der Waals surface area (Å²) >= 11 is 0. The molecule has 2 aromatic carbocycles. The van der Waals surface area contributed by atoms with E-state index in [1.165, 1.54) is 12.1 Å². The molecule has 4 aromatic rings. The summed E-state index contributed by atoms with van der Waals surface area (Å²) in [5, 5.41) is 0.853. The van der Waals surface area contributed by atoms with Crippen LogP contribution >= 0.6 is 0 Å². The number of rotatable bonds is 5. The number of halogens is 1. The number of aromatic amines is 2. The van der Waals surface area contributed by atoms with E-state index in [1.54, 1.807) is 17.0 Å². The van der Waals surface area contributed by atoms with E-state index >= 15 is 0 Å². The zero-order valence-electron chi connectivity index (χ0n) is 19.5. The van der Waals surface area contributed by atoms with E-state index in [1.807, 2.05) is 59.0 Å². The summed E-state index contributed by atoms with van der Waals surface area (Å²) in [7, 11) is 0. The highest BCUT2D eigenvalue weighted by Gasteiger charge is 2.25. The van der Waals surface area contributed by atoms with Crippen molar-refractivity contribution in [2.24, 2.45) is 0 Å². The Morgan fingerprint density at radius 2 is 1.70 bits per heavy atom. The molecule has 0 bridgehead atoms. The van der Waals surface area contributed by atoms with Crippen molar-refractivity contribution in [2.75, 3.05) is 0 Å². The largest absolute Gasteiger partial charge is 0.361 e. The van der Waals surface area contributed by atoms with E-state index < -0.39 is 0 Å². The first-order valence-corrected chi connectivity index (χ1v) is 11.0. The van der Waals surface area contributed by atoms with Crippen molar-refractivity contribution in [1.29, 1.82) is 0 Å². The summed E-state index contributed by atoms with van der Waals surface area (Å²) in [4.78, 5) is 34.4. The molecule has 0 saturated carbocycles. The van der Waals surface area contributed by atoms with Crippen LogP contribution in [0.4, 0.5) is 4.39 Å². The number of hydrogen-bond acceptors (Lipinski definition) is 2. The molecule has 4 rings (SSSR count). The van der Waals surface area contributed by atoms with Crippen LogP contribution in [0.1, 0.15) is 46.6 Å². The van der Waals surface area contributed by atoms with Crippen LogP contribution in [0.3, 0.4) is 0 Å². The molecular weight excluding hydrogens is 417 g/mol.